The third-order valence-electron chi connectivity index (χ3n) is 2.10. The Morgan fingerprint density at radius 2 is 1.94 bits per heavy atom. The van der Waals surface area contributed by atoms with Gasteiger partial charge in [0.2, 0.25) is 0 Å². The van der Waals surface area contributed by atoms with Gasteiger partial charge in [-0.1, -0.05) is 13.8 Å². The molecule has 1 rings (SSSR count). The fraction of sp³-hybridized carbons (Fsp3) is 0.818. The van der Waals surface area contributed by atoms with Crippen LogP contribution in [-0.4, -0.2) is 35.3 Å². The van der Waals surface area contributed by atoms with Gasteiger partial charge in [0.05, 0.1) is 0 Å². The zero-order valence-corrected chi connectivity index (χ0v) is 12.0. The van der Waals surface area contributed by atoms with Crippen LogP contribution in [0, 0.1) is 5.92 Å². The van der Waals surface area contributed by atoms with E-state index < -0.39 is 0 Å². The fourth-order valence-electron chi connectivity index (χ4n) is 1.27. The number of hydrogen-bond acceptors (Lipinski definition) is 5. The van der Waals surface area contributed by atoms with Crippen LogP contribution in [0.2, 0.25) is 0 Å². The van der Waals surface area contributed by atoms with Gasteiger partial charge in [-0.15, -0.1) is 21.5 Å². The molecule has 0 aliphatic rings. The molecule has 1 N–H and O–H groups in total. The van der Waals surface area contributed by atoms with E-state index in [-0.39, 0.29) is 0 Å². The predicted octanol–water partition coefficient (Wildman–Crippen LogP) is 2.23. The lowest BCUT2D eigenvalue weighted by Crippen LogP contribution is -2.22. The zero-order valence-electron chi connectivity index (χ0n) is 10.3. The number of nitrogens with zero attached hydrogens (tertiary/aromatic N) is 2. The van der Waals surface area contributed by atoms with Crippen LogP contribution >= 0.6 is 23.1 Å². The van der Waals surface area contributed by atoms with E-state index in [2.05, 4.69) is 35.6 Å². The summed E-state index contributed by atoms with van der Waals surface area (Å²) in [5, 5.41) is 14.2. The van der Waals surface area contributed by atoms with Crippen molar-refractivity contribution >= 4 is 23.1 Å². The largest absolute Gasteiger partial charge is 0.316 e. The predicted molar refractivity (Wildman–Crippen MR) is 73.4 cm³/mol. The van der Waals surface area contributed by atoms with E-state index in [0.717, 1.165) is 36.7 Å². The number of nitrogens with one attached hydrogen (secondary N) is 1. The molecular weight excluding hydrogens is 238 g/mol. The number of aryl methyl sites for hydroxylation is 1. The van der Waals surface area contributed by atoms with Crippen molar-refractivity contribution in [2.24, 2.45) is 5.92 Å². The minimum atomic E-state index is 0.714. The number of thioether (sulfide) groups is 1. The van der Waals surface area contributed by atoms with Gasteiger partial charge in [0.25, 0.3) is 0 Å². The van der Waals surface area contributed by atoms with Crippen LogP contribution in [0.3, 0.4) is 0 Å². The maximum absolute atomic E-state index is 4.21. The van der Waals surface area contributed by atoms with Gasteiger partial charge in [-0.25, -0.2) is 0 Å². The molecule has 0 spiro atoms. The molecule has 0 aliphatic heterocycles. The first-order valence-corrected chi connectivity index (χ1v) is 7.94. The number of hydrogen-bond donors (Lipinski definition) is 1. The Balaban J connectivity index is 2.19. The Morgan fingerprint density at radius 1 is 1.25 bits per heavy atom. The SMILES string of the molecule is CSCCc1nnc(CCNCC(C)C)s1. The van der Waals surface area contributed by atoms with Crippen LogP contribution < -0.4 is 5.32 Å². The van der Waals surface area contributed by atoms with Crippen LogP contribution in [0.15, 0.2) is 0 Å². The molecule has 0 atom stereocenters. The van der Waals surface area contributed by atoms with Gasteiger partial charge >= 0.3 is 0 Å². The molecule has 0 radical (unpaired) electrons. The van der Waals surface area contributed by atoms with Crippen molar-refractivity contribution in [1.82, 2.24) is 15.5 Å². The van der Waals surface area contributed by atoms with Crippen molar-refractivity contribution in [2.75, 3.05) is 25.1 Å². The summed E-state index contributed by atoms with van der Waals surface area (Å²) in [5.41, 5.74) is 0. The molecule has 1 heterocycles. The molecule has 0 aromatic carbocycles. The van der Waals surface area contributed by atoms with Crippen molar-refractivity contribution in [3.63, 3.8) is 0 Å². The molecule has 3 nitrogen and oxygen atoms in total. The molecule has 0 amide bonds. The summed E-state index contributed by atoms with van der Waals surface area (Å²) >= 11 is 3.61. The van der Waals surface area contributed by atoms with Crippen LogP contribution in [0.4, 0.5) is 0 Å². The summed E-state index contributed by atoms with van der Waals surface area (Å²) in [4.78, 5) is 0. The van der Waals surface area contributed by atoms with E-state index in [0.29, 0.717) is 5.92 Å². The second-order valence-corrected chi connectivity index (χ2v) is 6.31. The average Bonchev–Trinajstić information content (AvgIpc) is 2.69. The lowest BCUT2D eigenvalue weighted by Gasteiger charge is -2.05. The molecule has 16 heavy (non-hydrogen) atoms. The van der Waals surface area contributed by atoms with E-state index in [1.165, 1.54) is 5.01 Å². The van der Waals surface area contributed by atoms with Gasteiger partial charge in [-0.3, -0.25) is 0 Å². The van der Waals surface area contributed by atoms with E-state index >= 15 is 0 Å². The van der Waals surface area contributed by atoms with Gasteiger partial charge in [0.15, 0.2) is 0 Å². The Bertz CT molecular complexity index is 287. The number of rotatable bonds is 8. The van der Waals surface area contributed by atoms with Gasteiger partial charge in [-0.2, -0.15) is 11.8 Å². The van der Waals surface area contributed by atoms with Crippen LogP contribution in [-0.2, 0) is 12.8 Å². The average molecular weight is 259 g/mol. The van der Waals surface area contributed by atoms with E-state index in [4.69, 9.17) is 0 Å². The highest BCUT2D eigenvalue weighted by Gasteiger charge is 2.03. The fourth-order valence-corrected chi connectivity index (χ4v) is 2.64. The molecule has 92 valence electrons. The van der Waals surface area contributed by atoms with Crippen molar-refractivity contribution in [2.45, 2.75) is 26.7 Å². The third kappa shape index (κ3) is 5.82. The van der Waals surface area contributed by atoms with Crippen molar-refractivity contribution in [3.8, 4) is 0 Å². The van der Waals surface area contributed by atoms with Crippen LogP contribution in [0.5, 0.6) is 0 Å². The minimum absolute atomic E-state index is 0.714. The van der Waals surface area contributed by atoms with E-state index in [1.807, 2.05) is 11.8 Å². The first kappa shape index (κ1) is 13.9. The first-order valence-electron chi connectivity index (χ1n) is 5.73. The number of aromatic nitrogens is 2. The van der Waals surface area contributed by atoms with Crippen molar-refractivity contribution < 1.29 is 0 Å². The molecule has 0 saturated heterocycles. The second-order valence-electron chi connectivity index (χ2n) is 4.18. The summed E-state index contributed by atoms with van der Waals surface area (Å²) in [7, 11) is 0. The third-order valence-corrected chi connectivity index (χ3v) is 3.75. The Labute approximate surface area is 106 Å². The Kier molecular flexibility index (Phi) is 7.00. The molecule has 0 aliphatic carbocycles. The van der Waals surface area contributed by atoms with Crippen molar-refractivity contribution in [3.05, 3.63) is 10.0 Å². The molecule has 1 aromatic heterocycles. The normalized spacial score (nSPS) is 11.2. The van der Waals surface area contributed by atoms with Gasteiger partial charge in [-0.05, 0) is 24.5 Å². The molecular formula is C11H21N3S2. The summed E-state index contributed by atoms with van der Waals surface area (Å²) in [6.07, 6.45) is 4.18. The zero-order chi connectivity index (χ0) is 11.8. The molecule has 0 unspecified atom stereocenters. The summed E-state index contributed by atoms with van der Waals surface area (Å²) in [5.74, 6) is 1.85. The lowest BCUT2D eigenvalue weighted by molar-refractivity contribution is 0.553. The van der Waals surface area contributed by atoms with Gasteiger partial charge in [0.1, 0.15) is 10.0 Å². The van der Waals surface area contributed by atoms with Crippen LogP contribution in [0.1, 0.15) is 23.9 Å². The highest BCUT2D eigenvalue weighted by Crippen LogP contribution is 2.12. The topological polar surface area (TPSA) is 37.8 Å². The Morgan fingerprint density at radius 3 is 2.56 bits per heavy atom. The van der Waals surface area contributed by atoms with E-state index in [9.17, 15) is 0 Å². The van der Waals surface area contributed by atoms with Gasteiger partial charge in [0, 0.05) is 19.4 Å². The summed E-state index contributed by atoms with van der Waals surface area (Å²) in [6, 6.07) is 0. The quantitative estimate of drug-likeness (QED) is 0.727. The van der Waals surface area contributed by atoms with Gasteiger partial charge < -0.3 is 5.32 Å². The van der Waals surface area contributed by atoms with E-state index in [1.54, 1.807) is 11.3 Å². The smallest absolute Gasteiger partial charge is 0.118 e. The summed E-state index contributed by atoms with van der Waals surface area (Å²) in [6.45, 7) is 6.53. The molecule has 0 bridgehead atoms. The lowest BCUT2D eigenvalue weighted by atomic mass is 10.2. The highest BCUT2D eigenvalue weighted by atomic mass is 32.2. The maximum Gasteiger partial charge on any atom is 0.118 e. The molecule has 0 fully saturated rings. The first-order chi connectivity index (χ1) is 7.72. The monoisotopic (exact) mass is 259 g/mol. The Hall–Kier alpha value is -0.130. The molecule has 1 aromatic rings. The van der Waals surface area contributed by atoms with Crippen molar-refractivity contribution in [1.29, 1.82) is 0 Å². The second kappa shape index (κ2) is 8.03. The molecule has 5 heteroatoms. The maximum atomic E-state index is 4.21. The summed E-state index contributed by atoms with van der Waals surface area (Å²) < 4.78 is 0. The molecule has 0 saturated carbocycles. The standard InChI is InChI=1S/C11H21N3S2/c1-9(2)8-12-6-4-10-13-14-11(16-10)5-7-15-3/h9,12H,4-8H2,1-3H3. The minimum Gasteiger partial charge on any atom is -0.316 e. The van der Waals surface area contributed by atoms with Crippen LogP contribution in [0.25, 0.3) is 0 Å². The highest BCUT2D eigenvalue weighted by molar-refractivity contribution is 7.98.